The second kappa shape index (κ2) is 38.4. The van der Waals surface area contributed by atoms with Gasteiger partial charge in [0.2, 0.25) is 0 Å². The summed E-state index contributed by atoms with van der Waals surface area (Å²) in [6.07, 6.45) is 37.9. The van der Waals surface area contributed by atoms with Crippen molar-refractivity contribution < 1.29 is 23.7 Å². The Morgan fingerprint density at radius 2 is 0.918 bits per heavy atom. The average Bonchev–Trinajstić information content (AvgIpc) is 3.08. The Kier molecular flexibility index (Phi) is 37.7. The van der Waals surface area contributed by atoms with Gasteiger partial charge in [-0.05, 0) is 40.0 Å². The number of unbranched alkanes of at least 4 members (excludes halogenated alkanes) is 26. The molecule has 1 N–H and O–H groups in total. The largest absolute Gasteiger partial charge is 0.447 e. The molecule has 0 aromatic carbocycles. The molecule has 0 aliphatic rings. The van der Waals surface area contributed by atoms with E-state index in [1.54, 1.807) is 0 Å². The minimum Gasteiger partial charge on any atom is -0.447 e. The average molecular weight is 698 g/mol. The van der Waals surface area contributed by atoms with Gasteiger partial charge in [0.25, 0.3) is 0 Å². The first-order valence-electron chi connectivity index (χ1n) is 21.7. The molecule has 6 nitrogen and oxygen atoms in total. The fourth-order valence-electron chi connectivity index (χ4n) is 6.45. The second-order valence-corrected chi connectivity index (χ2v) is 15.2. The minimum absolute atomic E-state index is 0.220. The zero-order valence-corrected chi connectivity index (χ0v) is 33.9. The summed E-state index contributed by atoms with van der Waals surface area (Å²) in [6, 6.07) is 0. The van der Waals surface area contributed by atoms with Gasteiger partial charge in [-0.3, -0.25) is 0 Å². The lowest BCUT2D eigenvalue weighted by Gasteiger charge is -2.24. The maximum Gasteiger partial charge on any atom is 0.407 e. The van der Waals surface area contributed by atoms with E-state index in [0.717, 1.165) is 25.9 Å². The third-order valence-electron chi connectivity index (χ3n) is 9.73. The molecule has 0 bridgehead atoms. The van der Waals surface area contributed by atoms with Crippen molar-refractivity contribution in [1.29, 1.82) is 0 Å². The van der Waals surface area contributed by atoms with E-state index in [0.29, 0.717) is 26.4 Å². The van der Waals surface area contributed by atoms with Gasteiger partial charge in [-0.1, -0.05) is 181 Å². The molecular weight excluding hydrogens is 610 g/mol. The van der Waals surface area contributed by atoms with Gasteiger partial charge in [-0.2, -0.15) is 0 Å². The monoisotopic (exact) mass is 698 g/mol. The highest BCUT2D eigenvalue weighted by atomic mass is 16.6. The summed E-state index contributed by atoms with van der Waals surface area (Å²) in [5.74, 6) is 0. The van der Waals surface area contributed by atoms with E-state index in [9.17, 15) is 4.79 Å². The molecule has 1 atom stereocenters. The molecule has 0 aliphatic heterocycles. The summed E-state index contributed by atoms with van der Waals surface area (Å²) in [5, 5.41) is 2.86. The quantitative estimate of drug-likeness (QED) is 0.0646. The standard InChI is InChI=1S/C43H87NO5/c1-6-9-11-13-15-17-19-21-23-25-27-29-31-33-37-46-39-41(40-48-42(45)44-36-35-43(4,5)49-8-3)47-38-34-32-30-28-26-24-22-20-18-16-14-12-10-7-2/h41H,6-40H2,1-5H3,(H,44,45). The Balaban J connectivity index is 4.07. The molecule has 49 heavy (non-hydrogen) atoms. The molecule has 0 heterocycles. The molecule has 6 heteroatoms. The molecule has 0 rings (SSSR count). The predicted molar refractivity (Wildman–Crippen MR) is 211 cm³/mol. The van der Waals surface area contributed by atoms with Crippen molar-refractivity contribution in [3.63, 3.8) is 0 Å². The van der Waals surface area contributed by atoms with Gasteiger partial charge in [0.1, 0.15) is 12.7 Å². The first-order valence-corrected chi connectivity index (χ1v) is 21.7. The van der Waals surface area contributed by atoms with Gasteiger partial charge in [0.15, 0.2) is 0 Å². The van der Waals surface area contributed by atoms with E-state index < -0.39 is 6.09 Å². The maximum atomic E-state index is 12.4. The zero-order chi connectivity index (χ0) is 35.9. The number of amides is 1. The van der Waals surface area contributed by atoms with Crippen LogP contribution in [0.25, 0.3) is 0 Å². The number of carbonyl (C=O) groups excluding carboxylic acids is 1. The van der Waals surface area contributed by atoms with Gasteiger partial charge in [0.05, 0.1) is 12.2 Å². The normalized spacial score (nSPS) is 12.4. The van der Waals surface area contributed by atoms with Crippen molar-refractivity contribution in [3.05, 3.63) is 0 Å². The number of carbonyl (C=O) groups is 1. The lowest BCUT2D eigenvalue weighted by Crippen LogP contribution is -2.35. The SMILES string of the molecule is CCCCCCCCCCCCCCCCOCC(COC(=O)NCCC(C)(C)OCC)OCCCCCCCCCCCCCCCC. The van der Waals surface area contributed by atoms with Crippen LogP contribution in [-0.2, 0) is 18.9 Å². The summed E-state index contributed by atoms with van der Waals surface area (Å²) < 4.78 is 23.4. The molecular formula is C43H87NO5. The molecule has 0 fully saturated rings. The van der Waals surface area contributed by atoms with E-state index in [2.05, 4.69) is 19.2 Å². The Labute approximate surface area is 306 Å². The fraction of sp³-hybridized carbons (Fsp3) is 0.977. The Morgan fingerprint density at radius 3 is 1.33 bits per heavy atom. The van der Waals surface area contributed by atoms with Gasteiger partial charge in [-0.25, -0.2) is 4.79 Å². The maximum absolute atomic E-state index is 12.4. The van der Waals surface area contributed by atoms with Crippen molar-refractivity contribution in [2.75, 3.05) is 39.6 Å². The van der Waals surface area contributed by atoms with Crippen LogP contribution in [-0.4, -0.2) is 57.4 Å². The topological polar surface area (TPSA) is 66.0 Å². The molecule has 0 radical (unpaired) electrons. The molecule has 0 aliphatic carbocycles. The van der Waals surface area contributed by atoms with Gasteiger partial charge in [-0.15, -0.1) is 0 Å². The highest BCUT2D eigenvalue weighted by Crippen LogP contribution is 2.15. The summed E-state index contributed by atoms with van der Waals surface area (Å²) >= 11 is 0. The zero-order valence-electron chi connectivity index (χ0n) is 33.9. The van der Waals surface area contributed by atoms with E-state index in [-0.39, 0.29) is 18.3 Å². The Bertz CT molecular complexity index is 658. The number of hydrogen-bond acceptors (Lipinski definition) is 5. The third kappa shape index (κ3) is 38.2. The van der Waals surface area contributed by atoms with Crippen LogP contribution < -0.4 is 5.32 Å². The molecule has 294 valence electrons. The van der Waals surface area contributed by atoms with Crippen molar-refractivity contribution in [1.82, 2.24) is 5.32 Å². The summed E-state index contributed by atoms with van der Waals surface area (Å²) in [5.41, 5.74) is -0.262. The van der Waals surface area contributed by atoms with Crippen LogP contribution in [0.4, 0.5) is 4.79 Å². The van der Waals surface area contributed by atoms with Crippen LogP contribution in [0.2, 0.25) is 0 Å². The lowest BCUT2D eigenvalue weighted by atomic mass is 10.0. The molecule has 0 spiro atoms. The van der Waals surface area contributed by atoms with Crippen LogP contribution >= 0.6 is 0 Å². The Hall–Kier alpha value is -0.850. The van der Waals surface area contributed by atoms with Gasteiger partial charge >= 0.3 is 6.09 Å². The number of nitrogens with one attached hydrogen (secondary N) is 1. The molecule has 0 saturated carbocycles. The van der Waals surface area contributed by atoms with E-state index >= 15 is 0 Å². The lowest BCUT2D eigenvalue weighted by molar-refractivity contribution is -0.0472. The van der Waals surface area contributed by atoms with Crippen LogP contribution in [0, 0.1) is 0 Å². The Morgan fingerprint density at radius 1 is 0.531 bits per heavy atom. The predicted octanol–water partition coefficient (Wildman–Crippen LogP) is 13.3. The van der Waals surface area contributed by atoms with Crippen LogP contribution in [0.1, 0.15) is 221 Å². The fourth-order valence-corrected chi connectivity index (χ4v) is 6.45. The number of hydrogen-bond donors (Lipinski definition) is 1. The van der Waals surface area contributed by atoms with Crippen molar-refractivity contribution >= 4 is 6.09 Å². The number of ether oxygens (including phenoxy) is 4. The number of alkyl carbamates (subject to hydrolysis) is 1. The van der Waals surface area contributed by atoms with Crippen LogP contribution in [0.15, 0.2) is 0 Å². The minimum atomic E-state index is -0.399. The first-order chi connectivity index (χ1) is 23.9. The van der Waals surface area contributed by atoms with E-state index in [4.69, 9.17) is 18.9 Å². The summed E-state index contributed by atoms with van der Waals surface area (Å²) in [4.78, 5) is 12.4. The molecule has 1 amide bonds. The first kappa shape index (κ1) is 48.1. The third-order valence-corrected chi connectivity index (χ3v) is 9.73. The van der Waals surface area contributed by atoms with E-state index in [1.807, 2.05) is 20.8 Å². The summed E-state index contributed by atoms with van der Waals surface area (Å²) in [7, 11) is 0. The van der Waals surface area contributed by atoms with Crippen molar-refractivity contribution in [3.8, 4) is 0 Å². The van der Waals surface area contributed by atoms with Crippen LogP contribution in [0.3, 0.4) is 0 Å². The highest BCUT2D eigenvalue weighted by molar-refractivity contribution is 5.67. The smallest absolute Gasteiger partial charge is 0.407 e. The van der Waals surface area contributed by atoms with E-state index in [1.165, 1.54) is 167 Å². The highest BCUT2D eigenvalue weighted by Gasteiger charge is 2.18. The van der Waals surface area contributed by atoms with Crippen LogP contribution in [0.5, 0.6) is 0 Å². The van der Waals surface area contributed by atoms with Crippen molar-refractivity contribution in [2.45, 2.75) is 233 Å². The van der Waals surface area contributed by atoms with Crippen molar-refractivity contribution in [2.24, 2.45) is 0 Å². The number of rotatable bonds is 40. The van der Waals surface area contributed by atoms with Gasteiger partial charge in [0, 0.05) is 26.4 Å². The molecule has 0 aromatic rings. The second-order valence-electron chi connectivity index (χ2n) is 15.2. The van der Waals surface area contributed by atoms with Gasteiger partial charge < -0.3 is 24.3 Å². The molecule has 0 aromatic heterocycles. The summed E-state index contributed by atoms with van der Waals surface area (Å²) in [6.45, 7) is 14.0. The molecule has 0 saturated heterocycles. The molecule has 1 unspecified atom stereocenters.